The number of esters is 1. The Morgan fingerprint density at radius 1 is 0.852 bits per heavy atom. The fraction of sp³-hybridized carbons (Fsp3) is 0.531. The molecule has 3 aromatic carbocycles. The van der Waals surface area contributed by atoms with Gasteiger partial charge in [-0.2, -0.15) is 5.06 Å². The summed E-state index contributed by atoms with van der Waals surface area (Å²) in [4.78, 5) is 48.4. The number of hydroxylamine groups is 2. The number of nitrogens with zero attached hydrogens (tertiary/aromatic N) is 1. The molecule has 3 N–H and O–H groups in total. The topological polar surface area (TPSA) is 148 Å². The van der Waals surface area contributed by atoms with Crippen molar-refractivity contribution in [1.82, 2.24) is 15.7 Å². The second-order valence-electron chi connectivity index (χ2n) is 19.2. The number of benzene rings is 3. The van der Waals surface area contributed by atoms with Gasteiger partial charge in [0.15, 0.2) is 6.04 Å². The predicted molar refractivity (Wildman–Crippen MR) is 224 cm³/mol. The van der Waals surface area contributed by atoms with E-state index in [0.29, 0.717) is 23.4 Å². The molecule has 3 aliphatic carbocycles. The third kappa shape index (κ3) is 6.94. The highest BCUT2D eigenvalue weighted by Gasteiger charge is 2.76. The van der Waals surface area contributed by atoms with Gasteiger partial charge in [-0.3, -0.25) is 19.2 Å². The lowest BCUT2D eigenvalue weighted by molar-refractivity contribution is -0.213. The van der Waals surface area contributed by atoms with Crippen molar-refractivity contribution in [3.63, 3.8) is 0 Å². The number of aliphatic hydroxyl groups is 1. The van der Waals surface area contributed by atoms with Crippen LogP contribution in [-0.2, 0) is 50.5 Å². The van der Waals surface area contributed by atoms with E-state index >= 15 is 0 Å². The Kier molecular flexibility index (Phi) is 10.3. The van der Waals surface area contributed by atoms with Crippen LogP contribution in [0.3, 0.4) is 0 Å². The van der Waals surface area contributed by atoms with E-state index in [-0.39, 0.29) is 50.6 Å². The molecule has 4 heterocycles. The molecule has 3 saturated carbocycles. The second kappa shape index (κ2) is 15.4. The fourth-order valence-corrected chi connectivity index (χ4v) is 11.7. The summed E-state index contributed by atoms with van der Waals surface area (Å²) in [7, 11) is 0. The maximum atomic E-state index is 14.7. The minimum Gasteiger partial charge on any atom is -0.458 e. The van der Waals surface area contributed by atoms with Crippen molar-refractivity contribution in [2.75, 3.05) is 19.7 Å². The number of hydrogen-bond donors (Lipinski definition) is 3. The van der Waals surface area contributed by atoms with Crippen LogP contribution in [0.15, 0.2) is 90.5 Å². The summed E-state index contributed by atoms with van der Waals surface area (Å²) in [6.07, 6.45) is 5.22. The summed E-state index contributed by atoms with van der Waals surface area (Å²) in [6, 6.07) is 26.6. The second-order valence-corrected chi connectivity index (χ2v) is 19.2. The van der Waals surface area contributed by atoms with E-state index in [0.717, 1.165) is 41.5 Å². The lowest BCUT2D eigenvalue weighted by Gasteiger charge is -2.53. The molecule has 10 atom stereocenters. The lowest BCUT2D eigenvalue weighted by Crippen LogP contribution is -2.69. The number of rotatable bonds is 11. The maximum Gasteiger partial charge on any atom is 0.327 e. The monoisotopic (exact) mass is 831 g/mol. The normalized spacial score (nSPS) is 35.9. The van der Waals surface area contributed by atoms with E-state index in [1.165, 1.54) is 18.4 Å². The average molecular weight is 832 g/mol. The lowest BCUT2D eigenvalue weighted by atomic mass is 9.52. The molecule has 3 aromatic rings. The Labute approximate surface area is 357 Å². The summed E-state index contributed by atoms with van der Waals surface area (Å²) in [5.74, 6) is -1.41. The van der Waals surface area contributed by atoms with Gasteiger partial charge in [-0.05, 0) is 67.4 Å². The van der Waals surface area contributed by atoms with Crippen molar-refractivity contribution in [2.24, 2.45) is 22.7 Å². The third-order valence-electron chi connectivity index (χ3n) is 15.0. The molecule has 10 rings (SSSR count). The van der Waals surface area contributed by atoms with Gasteiger partial charge in [0.05, 0.1) is 24.9 Å². The summed E-state index contributed by atoms with van der Waals surface area (Å²) in [5.41, 5.74) is 4.03. The molecular weight excluding hydrogens is 775 g/mol. The van der Waals surface area contributed by atoms with Crippen molar-refractivity contribution >= 4 is 23.9 Å². The van der Waals surface area contributed by atoms with E-state index in [2.05, 4.69) is 61.7 Å². The number of aliphatic hydroxyl groups excluding tert-OH is 1. The minimum absolute atomic E-state index is 0.00179. The molecule has 0 spiro atoms. The van der Waals surface area contributed by atoms with Crippen LogP contribution in [0.4, 0.5) is 0 Å². The zero-order chi connectivity index (χ0) is 42.1. The van der Waals surface area contributed by atoms with Gasteiger partial charge in [-0.15, -0.1) is 0 Å². The zero-order valence-corrected chi connectivity index (χ0v) is 35.2. The predicted octanol–water partition coefficient (Wildman–Crippen LogP) is 5.56. The first-order valence-electron chi connectivity index (χ1n) is 22.2. The first-order chi connectivity index (χ1) is 29.4. The first kappa shape index (κ1) is 40.6. The number of carbonyl (C=O) groups excluding carboxylic acids is 3. The van der Waals surface area contributed by atoms with Gasteiger partial charge in [-0.25, -0.2) is 0 Å². The molecule has 4 aliphatic heterocycles. The van der Waals surface area contributed by atoms with Crippen LogP contribution in [0.1, 0.15) is 88.0 Å². The Morgan fingerprint density at radius 2 is 1.56 bits per heavy atom. The number of nitrogens with one attached hydrogen (secondary N) is 2. The van der Waals surface area contributed by atoms with Crippen LogP contribution in [0.25, 0.3) is 6.08 Å². The van der Waals surface area contributed by atoms with Crippen LogP contribution in [-0.4, -0.2) is 89.8 Å². The number of hydrogen-bond acceptors (Lipinski definition) is 10. The quantitative estimate of drug-likeness (QED) is 0.166. The maximum absolute atomic E-state index is 14.7. The van der Waals surface area contributed by atoms with Gasteiger partial charge in [0.25, 0.3) is 0 Å². The van der Waals surface area contributed by atoms with Crippen molar-refractivity contribution < 1.29 is 43.3 Å². The number of amides is 2. The smallest absolute Gasteiger partial charge is 0.327 e. The number of carbonyl (C=O) groups is 3. The average Bonchev–Trinajstić information content (AvgIpc) is 3.54. The molecule has 322 valence electrons. The molecule has 7 fully saturated rings. The Hall–Kier alpha value is -4.43. The fourth-order valence-electron chi connectivity index (χ4n) is 11.7. The molecule has 12 heteroatoms. The van der Waals surface area contributed by atoms with Crippen molar-refractivity contribution in [3.05, 3.63) is 113 Å². The van der Waals surface area contributed by atoms with Gasteiger partial charge in [0.2, 0.25) is 17.6 Å². The summed E-state index contributed by atoms with van der Waals surface area (Å²) >= 11 is 0. The molecule has 2 amide bonds. The summed E-state index contributed by atoms with van der Waals surface area (Å²) in [5, 5.41) is 16.4. The van der Waals surface area contributed by atoms with E-state index in [9.17, 15) is 14.4 Å². The van der Waals surface area contributed by atoms with E-state index < -0.39 is 53.5 Å². The Balaban J connectivity index is 0.946. The van der Waals surface area contributed by atoms with E-state index in [1.54, 1.807) is 5.06 Å². The van der Waals surface area contributed by atoms with Gasteiger partial charge in [0.1, 0.15) is 29.8 Å². The van der Waals surface area contributed by atoms with Crippen LogP contribution in [0, 0.1) is 22.7 Å². The molecule has 7 aliphatic rings. The number of fused-ring (bicyclic) bond motifs is 6. The van der Waals surface area contributed by atoms with Crippen LogP contribution in [0.5, 0.6) is 0 Å². The van der Waals surface area contributed by atoms with Crippen molar-refractivity contribution in [3.8, 4) is 0 Å². The molecule has 61 heavy (non-hydrogen) atoms. The van der Waals surface area contributed by atoms with E-state index in [1.807, 2.05) is 60.7 Å². The van der Waals surface area contributed by atoms with Crippen LogP contribution >= 0.6 is 0 Å². The molecular formula is C49H57N3O9. The van der Waals surface area contributed by atoms with Crippen molar-refractivity contribution in [2.45, 2.75) is 120 Å². The van der Waals surface area contributed by atoms with Crippen molar-refractivity contribution in [1.29, 1.82) is 0 Å². The van der Waals surface area contributed by atoms with Crippen LogP contribution in [0.2, 0.25) is 0 Å². The highest BCUT2D eigenvalue weighted by Crippen LogP contribution is 2.61. The Bertz CT molecular complexity index is 2140. The first-order valence-corrected chi connectivity index (χ1v) is 22.2. The SMILES string of the molecule is CC1(C)CC2C(=Cc3ccc(CN4OC5C6OC(c7ccccc7)(c7ccccc7)OC6C6CC5(C(=O)NCCC(=O)NCCO)C4C(=O)O6)cc3)CCC3OC3(C)CCC21. The molecule has 10 unspecified atom stereocenters. The summed E-state index contributed by atoms with van der Waals surface area (Å²) < 4.78 is 26.5. The Morgan fingerprint density at radius 3 is 2.25 bits per heavy atom. The number of ether oxygens (including phenoxy) is 4. The van der Waals surface area contributed by atoms with Crippen LogP contribution < -0.4 is 10.6 Å². The van der Waals surface area contributed by atoms with Gasteiger partial charge < -0.3 is 34.7 Å². The van der Waals surface area contributed by atoms with E-state index in [4.69, 9.17) is 28.9 Å². The molecule has 0 aromatic heterocycles. The highest BCUT2D eigenvalue weighted by atomic mass is 16.8. The highest BCUT2D eigenvalue weighted by molar-refractivity contribution is 5.94. The van der Waals surface area contributed by atoms with Gasteiger partial charge in [0, 0.05) is 37.1 Å². The zero-order valence-electron chi connectivity index (χ0n) is 35.2. The number of epoxide rings is 1. The number of allylic oxidation sites excluding steroid dienone is 1. The molecule has 2 bridgehead atoms. The summed E-state index contributed by atoms with van der Waals surface area (Å²) in [6.45, 7) is 7.28. The molecule has 4 saturated heterocycles. The van der Waals surface area contributed by atoms with Gasteiger partial charge >= 0.3 is 5.97 Å². The van der Waals surface area contributed by atoms with Gasteiger partial charge in [-0.1, -0.05) is 110 Å². The third-order valence-corrected chi connectivity index (χ3v) is 15.0. The minimum atomic E-state index is -1.41. The molecule has 12 nitrogen and oxygen atoms in total. The molecule has 0 radical (unpaired) electrons. The largest absolute Gasteiger partial charge is 0.458 e. The standard InChI is InChI=1S/C49H57N3O9/c1-46(2)27-35-32(18-19-38-47(3,58-38)22-20-36(35)46)26-30-14-16-31(17-15-30)29-52-42-44(55)57-37-28-48(42,45(56)51-23-21-39(54)50-24-25-53)43(61-52)41-40(37)59-49(60-41,33-10-6-4-7-11-33)34-12-8-5-9-13-34/h4-17,26,35-38,40-43,53H,18-25,27-29H2,1-3H3,(H,50,54)(H,51,56).